The number of benzene rings is 2. The fourth-order valence-electron chi connectivity index (χ4n) is 2.67. The monoisotopic (exact) mass is 295 g/mol. The molecule has 2 aromatic carbocycles. The van der Waals surface area contributed by atoms with Gasteiger partial charge in [0.1, 0.15) is 11.6 Å². The van der Waals surface area contributed by atoms with Gasteiger partial charge in [-0.3, -0.25) is 0 Å². The summed E-state index contributed by atoms with van der Waals surface area (Å²) in [5.74, 6) is -0.515. The van der Waals surface area contributed by atoms with Crippen molar-refractivity contribution in [1.82, 2.24) is 4.98 Å². The Hall–Kier alpha value is -2.55. The maximum atomic E-state index is 13.5. The predicted octanol–water partition coefficient (Wildman–Crippen LogP) is 5.31. The summed E-state index contributed by atoms with van der Waals surface area (Å²) in [6, 6.07) is 14.9. The summed E-state index contributed by atoms with van der Waals surface area (Å²) >= 11 is 0. The molecular weight excluding hydrogens is 280 g/mol. The van der Waals surface area contributed by atoms with Gasteiger partial charge >= 0.3 is 0 Å². The lowest BCUT2D eigenvalue weighted by atomic mass is 9.98. The molecule has 0 saturated carbocycles. The minimum absolute atomic E-state index is 0.242. The zero-order valence-electron chi connectivity index (χ0n) is 12.4. The third kappa shape index (κ3) is 2.75. The zero-order chi connectivity index (χ0) is 15.7. The van der Waals surface area contributed by atoms with Crippen LogP contribution < -0.4 is 0 Å². The first kappa shape index (κ1) is 14.4. The maximum Gasteiger partial charge on any atom is 0.123 e. The molecular formula is C19H15F2N. The van der Waals surface area contributed by atoms with Gasteiger partial charge < -0.3 is 0 Å². The molecule has 3 aromatic rings. The van der Waals surface area contributed by atoms with E-state index in [0.717, 1.165) is 33.6 Å². The van der Waals surface area contributed by atoms with Crippen LogP contribution in [0.2, 0.25) is 0 Å². The molecule has 0 aliphatic carbocycles. The molecule has 0 unspecified atom stereocenters. The van der Waals surface area contributed by atoms with Crippen LogP contribution in [0.15, 0.2) is 54.6 Å². The fourth-order valence-corrected chi connectivity index (χ4v) is 2.67. The normalized spacial score (nSPS) is 10.7. The lowest BCUT2D eigenvalue weighted by Crippen LogP contribution is -1.94. The molecule has 1 nitrogen and oxygen atoms in total. The van der Waals surface area contributed by atoms with Gasteiger partial charge in [0.2, 0.25) is 0 Å². The van der Waals surface area contributed by atoms with E-state index in [0.29, 0.717) is 0 Å². The van der Waals surface area contributed by atoms with Gasteiger partial charge in [0.15, 0.2) is 0 Å². The molecule has 0 radical (unpaired) electrons. The average molecular weight is 295 g/mol. The number of pyridine rings is 1. The molecule has 0 amide bonds. The van der Waals surface area contributed by atoms with Crippen LogP contribution in [0.1, 0.15) is 11.1 Å². The van der Waals surface area contributed by atoms with Gasteiger partial charge in [-0.25, -0.2) is 13.8 Å². The van der Waals surface area contributed by atoms with E-state index in [9.17, 15) is 8.78 Å². The Morgan fingerprint density at radius 1 is 0.727 bits per heavy atom. The molecule has 1 aromatic heterocycles. The van der Waals surface area contributed by atoms with Crippen molar-refractivity contribution in [3.63, 3.8) is 0 Å². The van der Waals surface area contributed by atoms with Gasteiger partial charge in [-0.1, -0.05) is 6.07 Å². The summed E-state index contributed by atoms with van der Waals surface area (Å²) in [4.78, 5) is 4.65. The van der Waals surface area contributed by atoms with Crippen molar-refractivity contribution in [1.29, 1.82) is 0 Å². The topological polar surface area (TPSA) is 12.9 Å². The molecule has 0 saturated heterocycles. The largest absolute Gasteiger partial charge is 0.248 e. The van der Waals surface area contributed by atoms with Crippen LogP contribution in [0, 0.1) is 25.5 Å². The SMILES string of the molecule is Cc1cc(F)cc(C)c1-c1cccc(-c2ccc(F)cc2)n1. The van der Waals surface area contributed by atoms with E-state index in [2.05, 4.69) is 4.98 Å². The van der Waals surface area contributed by atoms with Crippen LogP contribution in [0.25, 0.3) is 22.5 Å². The van der Waals surface area contributed by atoms with Crippen molar-refractivity contribution in [2.45, 2.75) is 13.8 Å². The number of hydrogen-bond donors (Lipinski definition) is 0. The summed E-state index contributed by atoms with van der Waals surface area (Å²) in [6.45, 7) is 3.75. The molecule has 110 valence electrons. The van der Waals surface area contributed by atoms with Crippen molar-refractivity contribution in [2.75, 3.05) is 0 Å². The predicted molar refractivity (Wildman–Crippen MR) is 84.5 cm³/mol. The molecule has 0 aliphatic heterocycles. The van der Waals surface area contributed by atoms with Gasteiger partial charge in [0.25, 0.3) is 0 Å². The number of nitrogens with zero attached hydrogens (tertiary/aromatic N) is 1. The third-order valence-corrected chi connectivity index (χ3v) is 3.64. The average Bonchev–Trinajstić information content (AvgIpc) is 2.47. The molecule has 0 N–H and O–H groups in total. The highest BCUT2D eigenvalue weighted by atomic mass is 19.1. The van der Waals surface area contributed by atoms with E-state index in [1.807, 2.05) is 32.0 Å². The summed E-state index contributed by atoms with van der Waals surface area (Å²) in [6.07, 6.45) is 0. The van der Waals surface area contributed by atoms with Gasteiger partial charge in [0.05, 0.1) is 11.4 Å². The van der Waals surface area contributed by atoms with Crippen LogP contribution in [0.3, 0.4) is 0 Å². The van der Waals surface area contributed by atoms with Crippen LogP contribution in [0.5, 0.6) is 0 Å². The number of hydrogen-bond acceptors (Lipinski definition) is 1. The number of rotatable bonds is 2. The van der Waals surface area contributed by atoms with Crippen molar-refractivity contribution in [2.24, 2.45) is 0 Å². The molecule has 0 fully saturated rings. The second-order valence-corrected chi connectivity index (χ2v) is 5.33. The second kappa shape index (κ2) is 5.68. The van der Waals surface area contributed by atoms with E-state index in [4.69, 9.17) is 0 Å². The Balaban J connectivity index is 2.11. The number of aryl methyl sites for hydroxylation is 2. The molecule has 3 heteroatoms. The Morgan fingerprint density at radius 2 is 1.32 bits per heavy atom. The summed E-state index contributed by atoms with van der Waals surface area (Å²) in [5.41, 5.74) is 5.03. The summed E-state index contributed by atoms with van der Waals surface area (Å²) < 4.78 is 26.5. The molecule has 3 rings (SSSR count). The van der Waals surface area contributed by atoms with E-state index >= 15 is 0 Å². The van der Waals surface area contributed by atoms with Crippen LogP contribution in [0.4, 0.5) is 8.78 Å². The van der Waals surface area contributed by atoms with Crippen molar-refractivity contribution >= 4 is 0 Å². The molecule has 0 aliphatic rings. The Kier molecular flexibility index (Phi) is 3.72. The van der Waals surface area contributed by atoms with Crippen LogP contribution in [-0.2, 0) is 0 Å². The molecule has 0 spiro atoms. The molecule has 1 heterocycles. The highest BCUT2D eigenvalue weighted by Gasteiger charge is 2.10. The minimum atomic E-state index is -0.273. The highest BCUT2D eigenvalue weighted by Crippen LogP contribution is 2.28. The van der Waals surface area contributed by atoms with Gasteiger partial charge in [-0.05, 0) is 73.5 Å². The molecule has 0 atom stereocenters. The smallest absolute Gasteiger partial charge is 0.123 e. The van der Waals surface area contributed by atoms with Gasteiger partial charge in [-0.15, -0.1) is 0 Å². The van der Waals surface area contributed by atoms with Crippen LogP contribution in [-0.4, -0.2) is 4.98 Å². The first-order valence-electron chi connectivity index (χ1n) is 7.05. The quantitative estimate of drug-likeness (QED) is 0.624. The van der Waals surface area contributed by atoms with Crippen LogP contribution >= 0.6 is 0 Å². The van der Waals surface area contributed by atoms with E-state index in [1.54, 1.807) is 12.1 Å². The Bertz CT molecular complexity index is 800. The minimum Gasteiger partial charge on any atom is -0.248 e. The van der Waals surface area contributed by atoms with E-state index < -0.39 is 0 Å². The van der Waals surface area contributed by atoms with Crippen molar-refractivity contribution in [3.05, 3.63) is 77.4 Å². The maximum absolute atomic E-state index is 13.5. The lowest BCUT2D eigenvalue weighted by Gasteiger charge is -2.11. The first-order valence-corrected chi connectivity index (χ1v) is 7.05. The summed E-state index contributed by atoms with van der Waals surface area (Å²) in [5, 5.41) is 0. The van der Waals surface area contributed by atoms with Gasteiger partial charge in [-0.2, -0.15) is 0 Å². The van der Waals surface area contributed by atoms with Crippen molar-refractivity contribution < 1.29 is 8.78 Å². The van der Waals surface area contributed by atoms with E-state index in [-0.39, 0.29) is 11.6 Å². The third-order valence-electron chi connectivity index (χ3n) is 3.64. The first-order chi connectivity index (χ1) is 10.5. The second-order valence-electron chi connectivity index (χ2n) is 5.33. The molecule has 22 heavy (non-hydrogen) atoms. The fraction of sp³-hybridized carbons (Fsp3) is 0.105. The number of halogens is 2. The van der Waals surface area contributed by atoms with Gasteiger partial charge in [0, 0.05) is 11.1 Å². The van der Waals surface area contributed by atoms with Crippen molar-refractivity contribution in [3.8, 4) is 22.5 Å². The lowest BCUT2D eigenvalue weighted by molar-refractivity contribution is 0.625. The standard InChI is InChI=1S/C19H15F2N/c1-12-10-16(21)11-13(2)19(12)18-5-3-4-17(22-18)14-6-8-15(20)9-7-14/h3-11H,1-2H3. The zero-order valence-corrected chi connectivity index (χ0v) is 12.4. The number of aromatic nitrogens is 1. The summed E-state index contributed by atoms with van der Waals surface area (Å²) in [7, 11) is 0. The Morgan fingerprint density at radius 3 is 1.95 bits per heavy atom. The molecule has 0 bridgehead atoms. The van der Waals surface area contributed by atoms with E-state index in [1.165, 1.54) is 24.3 Å². The Labute approximate surface area is 128 Å². The highest BCUT2D eigenvalue weighted by molar-refractivity contribution is 5.70.